The molecule has 0 aliphatic carbocycles. The van der Waals surface area contributed by atoms with Gasteiger partial charge in [-0.2, -0.15) is 0 Å². The Labute approximate surface area is 131 Å². The number of hydrogen-bond donors (Lipinski definition) is 0. The lowest BCUT2D eigenvalue weighted by Crippen LogP contribution is -2.10. The van der Waals surface area contributed by atoms with Crippen LogP contribution in [0.3, 0.4) is 0 Å². The highest BCUT2D eigenvalue weighted by molar-refractivity contribution is 5.69. The maximum absolute atomic E-state index is 11.5. The van der Waals surface area contributed by atoms with Gasteiger partial charge in [-0.15, -0.1) is 0 Å². The van der Waals surface area contributed by atoms with Crippen LogP contribution in [0.5, 0.6) is 0 Å². The molecule has 0 amide bonds. The highest BCUT2D eigenvalue weighted by atomic mass is 16.6. The van der Waals surface area contributed by atoms with E-state index in [4.69, 9.17) is 9.47 Å². The predicted molar refractivity (Wildman–Crippen MR) is 88.5 cm³/mol. The van der Waals surface area contributed by atoms with Crippen molar-refractivity contribution < 1.29 is 14.3 Å². The van der Waals surface area contributed by atoms with E-state index in [2.05, 4.69) is 13.8 Å². The molecule has 0 rings (SSSR count). The highest BCUT2D eigenvalue weighted by Gasteiger charge is 2.02. The molecule has 0 bridgehead atoms. The third-order valence-corrected chi connectivity index (χ3v) is 3.62. The zero-order valence-corrected chi connectivity index (χ0v) is 14.3. The summed E-state index contributed by atoms with van der Waals surface area (Å²) in [6.07, 6.45) is 14.2. The third-order valence-electron chi connectivity index (χ3n) is 3.62. The van der Waals surface area contributed by atoms with Crippen LogP contribution in [0, 0.1) is 0 Å². The van der Waals surface area contributed by atoms with Gasteiger partial charge in [-0.1, -0.05) is 71.6 Å². The van der Waals surface area contributed by atoms with Crippen molar-refractivity contribution in [1.82, 2.24) is 0 Å². The van der Waals surface area contributed by atoms with Crippen molar-refractivity contribution in [3.8, 4) is 0 Å². The summed E-state index contributed by atoms with van der Waals surface area (Å²) < 4.78 is 10.5. The second-order valence-electron chi connectivity index (χ2n) is 5.76. The van der Waals surface area contributed by atoms with Gasteiger partial charge in [0.2, 0.25) is 0 Å². The number of hydrogen-bond acceptors (Lipinski definition) is 3. The van der Waals surface area contributed by atoms with Crippen molar-refractivity contribution in [2.45, 2.75) is 90.9 Å². The van der Waals surface area contributed by atoms with Crippen LogP contribution in [0.1, 0.15) is 90.9 Å². The molecule has 0 unspecified atom stereocenters. The van der Waals surface area contributed by atoms with Crippen LogP contribution >= 0.6 is 0 Å². The molecule has 0 aromatic heterocycles. The van der Waals surface area contributed by atoms with E-state index in [1.165, 1.54) is 44.9 Å². The molecule has 0 N–H and O–H groups in total. The normalized spacial score (nSPS) is 10.8. The molecule has 0 saturated heterocycles. The summed E-state index contributed by atoms with van der Waals surface area (Å²) in [6, 6.07) is 0. The van der Waals surface area contributed by atoms with Crippen LogP contribution in [-0.4, -0.2) is 25.8 Å². The highest BCUT2D eigenvalue weighted by Crippen LogP contribution is 2.10. The Morgan fingerprint density at radius 3 is 1.86 bits per heavy atom. The van der Waals surface area contributed by atoms with Gasteiger partial charge in [0, 0.05) is 13.0 Å². The van der Waals surface area contributed by atoms with E-state index >= 15 is 0 Å². The number of esters is 1. The zero-order valence-electron chi connectivity index (χ0n) is 14.3. The average Bonchev–Trinajstić information content (AvgIpc) is 2.49. The molecule has 0 atom stereocenters. The molecule has 0 radical (unpaired) electrons. The van der Waals surface area contributed by atoms with Gasteiger partial charge >= 0.3 is 5.97 Å². The van der Waals surface area contributed by atoms with E-state index in [0.29, 0.717) is 19.6 Å². The van der Waals surface area contributed by atoms with Gasteiger partial charge in [0.25, 0.3) is 0 Å². The molecule has 0 aromatic carbocycles. The minimum atomic E-state index is -0.0722. The van der Waals surface area contributed by atoms with Gasteiger partial charge < -0.3 is 9.47 Å². The fourth-order valence-corrected chi connectivity index (χ4v) is 2.22. The van der Waals surface area contributed by atoms with Crippen LogP contribution in [-0.2, 0) is 14.3 Å². The lowest BCUT2D eigenvalue weighted by atomic mass is 10.1. The molecule has 0 spiro atoms. The average molecular weight is 300 g/mol. The molecule has 126 valence electrons. The Balaban J connectivity index is 3.12. The summed E-state index contributed by atoms with van der Waals surface area (Å²) >= 11 is 0. The third kappa shape index (κ3) is 17.4. The smallest absolute Gasteiger partial charge is 0.305 e. The molecule has 0 fully saturated rings. The number of unbranched alkanes of at least 4 members (excludes halogenated alkanes) is 9. The summed E-state index contributed by atoms with van der Waals surface area (Å²) in [5, 5.41) is 0. The molecule has 0 aromatic rings. The van der Waals surface area contributed by atoms with E-state index in [9.17, 15) is 4.79 Å². The molecule has 3 nitrogen and oxygen atoms in total. The van der Waals surface area contributed by atoms with Crippen molar-refractivity contribution >= 4 is 5.97 Å². The van der Waals surface area contributed by atoms with Crippen LogP contribution in [0.15, 0.2) is 0 Å². The number of carbonyl (C=O) groups is 1. The monoisotopic (exact) mass is 300 g/mol. The van der Waals surface area contributed by atoms with Crippen LogP contribution in [0.25, 0.3) is 0 Å². The van der Waals surface area contributed by atoms with E-state index in [-0.39, 0.29) is 5.97 Å². The SMILES string of the molecule is CCCCCCCCCCCC(=O)OCCOCCCC. The Kier molecular flexibility index (Phi) is 17.0. The predicted octanol–water partition coefficient (Wildman–Crippen LogP) is 5.27. The van der Waals surface area contributed by atoms with Gasteiger partial charge in [0.1, 0.15) is 6.61 Å². The fraction of sp³-hybridized carbons (Fsp3) is 0.944. The maximum atomic E-state index is 11.5. The first kappa shape index (κ1) is 20.4. The molecule has 0 aliphatic heterocycles. The first-order valence-corrected chi connectivity index (χ1v) is 9.04. The van der Waals surface area contributed by atoms with Crippen LogP contribution in [0.4, 0.5) is 0 Å². The molecular formula is C18H36O3. The Morgan fingerprint density at radius 2 is 1.24 bits per heavy atom. The number of ether oxygens (including phenoxy) is 2. The topological polar surface area (TPSA) is 35.5 Å². The second kappa shape index (κ2) is 17.5. The summed E-state index contributed by atoms with van der Waals surface area (Å²) in [4.78, 5) is 11.5. The Morgan fingerprint density at radius 1 is 0.667 bits per heavy atom. The molecule has 0 saturated carbocycles. The summed E-state index contributed by atoms with van der Waals surface area (Å²) in [7, 11) is 0. The Bertz CT molecular complexity index is 217. The van der Waals surface area contributed by atoms with Crippen LogP contribution < -0.4 is 0 Å². The Hall–Kier alpha value is -0.570. The van der Waals surface area contributed by atoms with Gasteiger partial charge in [-0.05, 0) is 12.8 Å². The summed E-state index contributed by atoms with van der Waals surface area (Å²) in [6.45, 7) is 6.08. The fourth-order valence-electron chi connectivity index (χ4n) is 2.22. The minimum Gasteiger partial charge on any atom is -0.463 e. The molecule has 0 heterocycles. The lowest BCUT2D eigenvalue weighted by molar-refractivity contribution is -0.145. The maximum Gasteiger partial charge on any atom is 0.305 e. The van der Waals surface area contributed by atoms with E-state index < -0.39 is 0 Å². The lowest BCUT2D eigenvalue weighted by Gasteiger charge is -2.06. The molecular weight excluding hydrogens is 264 g/mol. The van der Waals surface area contributed by atoms with E-state index in [1.807, 2.05) is 0 Å². The first-order valence-electron chi connectivity index (χ1n) is 9.04. The van der Waals surface area contributed by atoms with Gasteiger partial charge in [0.05, 0.1) is 6.61 Å². The van der Waals surface area contributed by atoms with Crippen molar-refractivity contribution in [1.29, 1.82) is 0 Å². The van der Waals surface area contributed by atoms with E-state index in [1.54, 1.807) is 0 Å². The standard InChI is InChI=1S/C18H36O3/c1-3-5-7-8-9-10-11-12-13-14-18(19)21-17-16-20-15-6-4-2/h3-17H2,1-2H3. The van der Waals surface area contributed by atoms with Gasteiger partial charge in [-0.3, -0.25) is 4.79 Å². The zero-order chi connectivity index (χ0) is 15.6. The van der Waals surface area contributed by atoms with Crippen molar-refractivity contribution in [3.05, 3.63) is 0 Å². The summed E-state index contributed by atoms with van der Waals surface area (Å²) in [5.41, 5.74) is 0. The molecule has 3 heteroatoms. The molecule has 21 heavy (non-hydrogen) atoms. The summed E-state index contributed by atoms with van der Waals surface area (Å²) in [5.74, 6) is -0.0722. The minimum absolute atomic E-state index is 0.0722. The first-order chi connectivity index (χ1) is 10.3. The van der Waals surface area contributed by atoms with Gasteiger partial charge in [-0.25, -0.2) is 0 Å². The van der Waals surface area contributed by atoms with Crippen molar-refractivity contribution in [3.63, 3.8) is 0 Å². The largest absolute Gasteiger partial charge is 0.463 e. The quantitative estimate of drug-likeness (QED) is 0.288. The number of carbonyl (C=O) groups excluding carboxylic acids is 1. The van der Waals surface area contributed by atoms with Crippen molar-refractivity contribution in [2.24, 2.45) is 0 Å². The van der Waals surface area contributed by atoms with Crippen LogP contribution in [0.2, 0.25) is 0 Å². The van der Waals surface area contributed by atoms with Crippen molar-refractivity contribution in [2.75, 3.05) is 19.8 Å². The van der Waals surface area contributed by atoms with Gasteiger partial charge in [0.15, 0.2) is 0 Å². The number of rotatable bonds is 16. The second-order valence-corrected chi connectivity index (χ2v) is 5.76. The van der Waals surface area contributed by atoms with E-state index in [0.717, 1.165) is 32.3 Å². The molecule has 0 aliphatic rings.